The van der Waals surface area contributed by atoms with Gasteiger partial charge in [0.2, 0.25) is 6.41 Å². The van der Waals surface area contributed by atoms with Gasteiger partial charge in [-0.05, 0) is 13.3 Å². The molecule has 2 aromatic rings. The minimum Gasteiger partial charge on any atom is -0.412 e. The number of amides is 1. The van der Waals surface area contributed by atoms with Crippen LogP contribution in [-0.4, -0.2) is 60.3 Å². The van der Waals surface area contributed by atoms with E-state index in [0.29, 0.717) is 5.70 Å². The molecule has 214 valence electrons. The van der Waals surface area contributed by atoms with Crippen LogP contribution in [0.25, 0.3) is 0 Å². The fourth-order valence-corrected chi connectivity index (χ4v) is 3.07. The van der Waals surface area contributed by atoms with Crippen LogP contribution in [0.3, 0.4) is 0 Å². The van der Waals surface area contributed by atoms with Crippen molar-refractivity contribution >= 4 is 19.0 Å². The van der Waals surface area contributed by atoms with E-state index in [9.17, 15) is 9.59 Å². The molecule has 9 heteroatoms. The summed E-state index contributed by atoms with van der Waals surface area (Å²) in [6.45, 7) is 8.93. The van der Waals surface area contributed by atoms with E-state index >= 15 is 0 Å². The second kappa shape index (κ2) is 25.1. The number of rotatable bonds is 5. The van der Waals surface area contributed by atoms with Gasteiger partial charge in [-0.2, -0.15) is 0 Å². The molecule has 9 nitrogen and oxygen atoms in total. The zero-order valence-corrected chi connectivity index (χ0v) is 22.2. The van der Waals surface area contributed by atoms with Gasteiger partial charge in [-0.3, -0.25) is 14.9 Å². The van der Waals surface area contributed by atoms with Gasteiger partial charge in [-0.1, -0.05) is 93.9 Å². The number of hydrogen-bond acceptors (Lipinski definition) is 7. The van der Waals surface area contributed by atoms with Crippen molar-refractivity contribution in [2.24, 2.45) is 17.4 Å². The molecule has 2 unspecified atom stereocenters. The first-order chi connectivity index (χ1) is 17.3. The molecular formula is C29H48N4O5. The highest BCUT2D eigenvalue weighted by Gasteiger charge is 2.30. The Bertz CT molecular complexity index is 844. The second-order valence-corrected chi connectivity index (χ2v) is 8.26. The summed E-state index contributed by atoms with van der Waals surface area (Å²) in [6, 6.07) is 19.5. The van der Waals surface area contributed by atoms with Gasteiger partial charge in [-0.25, -0.2) is 0 Å². The normalized spacial score (nSPS) is 15.2. The number of nitrogens with zero attached hydrogens (tertiary/aromatic N) is 1. The Morgan fingerprint density at radius 2 is 1.58 bits per heavy atom. The van der Waals surface area contributed by atoms with Crippen molar-refractivity contribution in [2.75, 3.05) is 19.8 Å². The van der Waals surface area contributed by atoms with Crippen LogP contribution in [0.1, 0.15) is 56.5 Å². The van der Waals surface area contributed by atoms with E-state index < -0.39 is 0 Å². The molecule has 0 saturated carbocycles. The van der Waals surface area contributed by atoms with E-state index in [-0.39, 0.29) is 31.3 Å². The maximum atomic E-state index is 10.1. The predicted octanol–water partition coefficient (Wildman–Crippen LogP) is 2.81. The largest absolute Gasteiger partial charge is 0.412 e. The molecule has 1 saturated heterocycles. The van der Waals surface area contributed by atoms with Gasteiger partial charge >= 0.3 is 0 Å². The molecule has 2 atom stereocenters. The Morgan fingerprint density at radius 1 is 1.08 bits per heavy atom. The number of aliphatic hydroxyl groups excluding tert-OH is 1. The number of nitrogens with one attached hydrogen (secondary N) is 1. The van der Waals surface area contributed by atoms with Crippen molar-refractivity contribution in [1.29, 1.82) is 0 Å². The molecule has 1 fully saturated rings. The van der Waals surface area contributed by atoms with Gasteiger partial charge < -0.3 is 31.7 Å². The average molecular weight is 533 g/mol. The first-order valence-electron chi connectivity index (χ1n) is 12.1. The van der Waals surface area contributed by atoms with Crippen molar-refractivity contribution in [3.63, 3.8) is 0 Å². The Kier molecular flexibility index (Phi) is 25.8. The Morgan fingerprint density at radius 3 is 1.87 bits per heavy atom. The van der Waals surface area contributed by atoms with E-state index in [4.69, 9.17) is 15.6 Å². The van der Waals surface area contributed by atoms with Gasteiger partial charge in [0.15, 0.2) is 0 Å². The van der Waals surface area contributed by atoms with Crippen molar-refractivity contribution in [3.8, 4) is 0 Å². The number of aldehydes is 2. The van der Waals surface area contributed by atoms with E-state index in [1.807, 2.05) is 74.5 Å². The zero-order chi connectivity index (χ0) is 27.2. The van der Waals surface area contributed by atoms with Crippen molar-refractivity contribution in [3.05, 3.63) is 83.2 Å². The first kappa shape index (κ1) is 39.0. The second-order valence-electron chi connectivity index (χ2n) is 8.26. The third kappa shape index (κ3) is 17.8. The van der Waals surface area contributed by atoms with Crippen molar-refractivity contribution < 1.29 is 25.0 Å². The van der Waals surface area contributed by atoms with E-state index in [2.05, 4.69) is 22.9 Å². The SMILES string of the molecule is C.CCCC(C)C=O.Cc1ccc(C=O)cc1.NC1=C(N2CCNC2)CC1O.NC=O.O.c1ccccc1. The molecule has 1 aliphatic carbocycles. The van der Waals surface area contributed by atoms with E-state index in [1.165, 1.54) is 5.56 Å². The molecule has 2 aromatic carbocycles. The first-order valence-corrected chi connectivity index (χ1v) is 12.1. The number of carbonyl (C=O) groups excluding carboxylic acids is 3. The monoisotopic (exact) mass is 532 g/mol. The number of carbonyl (C=O) groups is 3. The maximum absolute atomic E-state index is 10.1. The quantitative estimate of drug-likeness (QED) is 0.429. The lowest BCUT2D eigenvalue weighted by Gasteiger charge is -2.33. The van der Waals surface area contributed by atoms with Crippen LogP contribution < -0.4 is 16.8 Å². The molecule has 4 rings (SSSR count). The average Bonchev–Trinajstić information content (AvgIpc) is 3.44. The van der Waals surface area contributed by atoms with Crippen molar-refractivity contribution in [1.82, 2.24) is 10.2 Å². The molecule has 2 aliphatic rings. The topological polar surface area (TPSA) is 170 Å². The van der Waals surface area contributed by atoms with Gasteiger partial charge in [0.1, 0.15) is 18.7 Å². The third-order valence-corrected chi connectivity index (χ3v) is 5.18. The Labute approximate surface area is 228 Å². The summed E-state index contributed by atoms with van der Waals surface area (Å²) < 4.78 is 0. The molecule has 38 heavy (non-hydrogen) atoms. The van der Waals surface area contributed by atoms with Crippen LogP contribution in [0.4, 0.5) is 0 Å². The van der Waals surface area contributed by atoms with Crippen LogP contribution in [0.15, 0.2) is 72.1 Å². The number of benzene rings is 2. The molecule has 0 aromatic heterocycles. The maximum Gasteiger partial charge on any atom is 0.204 e. The molecule has 0 spiro atoms. The summed E-state index contributed by atoms with van der Waals surface area (Å²) in [4.78, 5) is 30.8. The Balaban J connectivity index is -0.000000418. The number of aryl methyl sites for hydroxylation is 1. The van der Waals surface area contributed by atoms with Crippen molar-refractivity contribution in [2.45, 2.75) is 53.6 Å². The Hall–Kier alpha value is -3.53. The highest BCUT2D eigenvalue weighted by Crippen LogP contribution is 2.27. The summed E-state index contributed by atoms with van der Waals surface area (Å²) in [5, 5.41) is 12.3. The standard InChI is InChI=1S/C8H8O.C7H13N3O.C6H12O.C6H6.CH3NO.CH4.H2O/c1-7-2-4-8(6-9)5-3-7;8-7-5(3-6(7)11)10-2-1-9-4-10;1-3-4-6(2)5-7;1-2-4-6-5-3-1;2-1-3;;/h2-6H,1H3;6,9,11H,1-4,8H2;5-6H,3-4H2,1-2H3;1-6H;1H,(H2,2,3);1H4;1H2. The molecule has 1 amide bonds. The summed E-state index contributed by atoms with van der Waals surface area (Å²) in [5.74, 6) is 0.269. The number of nitrogens with two attached hydrogens (primary N) is 2. The lowest BCUT2D eigenvalue weighted by atomic mass is 9.97. The minimum absolute atomic E-state index is 0. The van der Waals surface area contributed by atoms with Crippen LogP contribution in [-0.2, 0) is 9.59 Å². The molecule has 1 heterocycles. The zero-order valence-electron chi connectivity index (χ0n) is 22.2. The number of primary amides is 1. The molecular weight excluding hydrogens is 484 g/mol. The molecule has 0 radical (unpaired) electrons. The van der Waals surface area contributed by atoms with Gasteiger partial charge in [0, 0.05) is 36.7 Å². The molecule has 0 bridgehead atoms. The fraction of sp³-hybridized carbons (Fsp3) is 0.414. The smallest absolute Gasteiger partial charge is 0.204 e. The number of hydrogen-bond donors (Lipinski definition) is 4. The highest BCUT2D eigenvalue weighted by molar-refractivity contribution is 5.74. The molecule has 8 N–H and O–H groups in total. The fourth-order valence-electron chi connectivity index (χ4n) is 3.07. The lowest BCUT2D eigenvalue weighted by Crippen LogP contribution is -2.38. The summed E-state index contributed by atoms with van der Waals surface area (Å²) >= 11 is 0. The van der Waals surface area contributed by atoms with Crippen LogP contribution >= 0.6 is 0 Å². The van der Waals surface area contributed by atoms with Crippen LogP contribution in [0.2, 0.25) is 0 Å². The van der Waals surface area contributed by atoms with Crippen LogP contribution in [0, 0.1) is 12.8 Å². The molecule has 1 aliphatic heterocycles. The minimum atomic E-state index is -0.384. The van der Waals surface area contributed by atoms with Gasteiger partial charge in [0.25, 0.3) is 0 Å². The number of aliphatic hydroxyl groups is 1. The van der Waals surface area contributed by atoms with Crippen LogP contribution in [0.5, 0.6) is 0 Å². The highest BCUT2D eigenvalue weighted by atomic mass is 16.3. The predicted molar refractivity (Wildman–Crippen MR) is 155 cm³/mol. The summed E-state index contributed by atoms with van der Waals surface area (Å²) in [7, 11) is 0. The van der Waals surface area contributed by atoms with Gasteiger partial charge in [-0.15, -0.1) is 0 Å². The third-order valence-electron chi connectivity index (χ3n) is 5.18. The van der Waals surface area contributed by atoms with Gasteiger partial charge in [0.05, 0.1) is 12.4 Å². The van der Waals surface area contributed by atoms with E-state index in [1.54, 1.807) is 0 Å². The summed E-state index contributed by atoms with van der Waals surface area (Å²) in [6.07, 6.45) is 4.59. The lowest BCUT2D eigenvalue weighted by molar-refractivity contribution is -0.110. The summed E-state index contributed by atoms with van der Waals surface area (Å²) in [5.41, 5.74) is 13.5. The van der Waals surface area contributed by atoms with E-state index in [0.717, 1.165) is 62.9 Å².